The molecule has 132 valence electrons. The van der Waals surface area contributed by atoms with Crippen LogP contribution in [0.3, 0.4) is 0 Å². The van der Waals surface area contributed by atoms with Gasteiger partial charge in [-0.1, -0.05) is 6.07 Å². The number of hydrogen-bond acceptors (Lipinski definition) is 7. The molecule has 0 spiro atoms. The van der Waals surface area contributed by atoms with Crippen LogP contribution in [-0.2, 0) is 9.53 Å². The number of esters is 1. The molecule has 0 bridgehead atoms. The first-order valence-electron chi connectivity index (χ1n) is 7.90. The van der Waals surface area contributed by atoms with Crippen molar-refractivity contribution in [1.29, 1.82) is 0 Å². The molecule has 8 heteroatoms. The monoisotopic (exact) mass is 370 g/mol. The van der Waals surface area contributed by atoms with Gasteiger partial charge in [-0.3, -0.25) is 4.79 Å². The van der Waals surface area contributed by atoms with Gasteiger partial charge in [-0.25, -0.2) is 9.80 Å². The summed E-state index contributed by atoms with van der Waals surface area (Å²) in [5.74, 6) is -0.451. The van der Waals surface area contributed by atoms with E-state index in [1.165, 1.54) is 17.3 Å². The first kappa shape index (κ1) is 16.3. The Morgan fingerprint density at radius 3 is 2.73 bits per heavy atom. The SMILES string of the molecule is O=C(OCC(=O)N1N=C(c2cccs2)CC1c1ccco1)c1ccco1. The van der Waals surface area contributed by atoms with E-state index in [0.717, 1.165) is 10.6 Å². The summed E-state index contributed by atoms with van der Waals surface area (Å²) >= 11 is 1.55. The number of carbonyl (C=O) groups excluding carboxylic acids is 2. The van der Waals surface area contributed by atoms with Crippen LogP contribution in [0.2, 0.25) is 0 Å². The smallest absolute Gasteiger partial charge is 0.374 e. The summed E-state index contributed by atoms with van der Waals surface area (Å²) in [6.07, 6.45) is 3.45. The molecule has 0 aliphatic carbocycles. The maximum Gasteiger partial charge on any atom is 0.374 e. The summed E-state index contributed by atoms with van der Waals surface area (Å²) in [5, 5.41) is 7.72. The Morgan fingerprint density at radius 2 is 2.04 bits per heavy atom. The highest BCUT2D eigenvalue weighted by molar-refractivity contribution is 7.12. The molecule has 0 saturated carbocycles. The number of hydrogen-bond donors (Lipinski definition) is 0. The molecule has 0 fully saturated rings. The molecule has 3 aromatic heterocycles. The molecular weight excluding hydrogens is 356 g/mol. The fourth-order valence-electron chi connectivity index (χ4n) is 2.69. The molecular formula is C18H14N2O5S. The Balaban J connectivity index is 1.50. The zero-order valence-electron chi connectivity index (χ0n) is 13.5. The summed E-state index contributed by atoms with van der Waals surface area (Å²) in [7, 11) is 0. The molecule has 1 aliphatic rings. The summed E-state index contributed by atoms with van der Waals surface area (Å²) in [6, 6.07) is 10.1. The van der Waals surface area contributed by atoms with Crippen LogP contribution >= 0.6 is 11.3 Å². The molecule has 0 radical (unpaired) electrons. The maximum atomic E-state index is 12.6. The highest BCUT2D eigenvalue weighted by atomic mass is 32.1. The number of thiophene rings is 1. The fraction of sp³-hybridized carbons (Fsp3) is 0.167. The summed E-state index contributed by atoms with van der Waals surface area (Å²) in [6.45, 7) is -0.433. The Kier molecular flexibility index (Phi) is 4.40. The van der Waals surface area contributed by atoms with Crippen molar-refractivity contribution in [1.82, 2.24) is 5.01 Å². The van der Waals surface area contributed by atoms with Gasteiger partial charge in [-0.05, 0) is 35.7 Å². The molecule has 26 heavy (non-hydrogen) atoms. The largest absolute Gasteiger partial charge is 0.467 e. The van der Waals surface area contributed by atoms with E-state index >= 15 is 0 Å². The van der Waals surface area contributed by atoms with Gasteiger partial charge in [0.25, 0.3) is 5.91 Å². The molecule has 4 rings (SSSR count). The van der Waals surface area contributed by atoms with Gasteiger partial charge >= 0.3 is 5.97 Å². The first-order chi connectivity index (χ1) is 12.7. The molecule has 0 N–H and O–H groups in total. The van der Waals surface area contributed by atoms with E-state index in [4.69, 9.17) is 13.6 Å². The third-order valence-corrected chi connectivity index (χ3v) is 4.81. The van der Waals surface area contributed by atoms with Crippen LogP contribution in [0.5, 0.6) is 0 Å². The second-order valence-corrected chi connectivity index (χ2v) is 6.50. The molecule has 1 amide bonds. The predicted octanol–water partition coefficient (Wildman–Crippen LogP) is 3.47. The Morgan fingerprint density at radius 1 is 1.19 bits per heavy atom. The molecule has 0 aromatic carbocycles. The van der Waals surface area contributed by atoms with Crippen molar-refractivity contribution in [3.05, 3.63) is 70.7 Å². The standard InChI is InChI=1S/C18H14N2O5S/c21-17(11-25-18(22)15-5-2-8-24-15)20-13(14-4-1-7-23-14)10-12(19-20)16-6-3-9-26-16/h1-9,13H,10-11H2. The van der Waals surface area contributed by atoms with Crippen molar-refractivity contribution in [3.8, 4) is 0 Å². The van der Waals surface area contributed by atoms with E-state index < -0.39 is 18.5 Å². The van der Waals surface area contributed by atoms with E-state index in [2.05, 4.69) is 5.10 Å². The van der Waals surface area contributed by atoms with Gasteiger partial charge in [0, 0.05) is 6.42 Å². The van der Waals surface area contributed by atoms with E-state index in [0.29, 0.717) is 12.2 Å². The number of furan rings is 2. The lowest BCUT2D eigenvalue weighted by Crippen LogP contribution is -2.31. The molecule has 0 saturated heterocycles. The molecule has 7 nitrogen and oxygen atoms in total. The topological polar surface area (TPSA) is 85.3 Å². The minimum Gasteiger partial charge on any atom is -0.467 e. The average molecular weight is 370 g/mol. The summed E-state index contributed by atoms with van der Waals surface area (Å²) in [5.41, 5.74) is 0.798. The first-order valence-corrected chi connectivity index (χ1v) is 8.78. The molecule has 4 heterocycles. The van der Waals surface area contributed by atoms with Gasteiger partial charge < -0.3 is 13.6 Å². The molecule has 1 atom stereocenters. The number of amides is 1. The van der Waals surface area contributed by atoms with E-state index in [1.807, 2.05) is 17.5 Å². The zero-order valence-corrected chi connectivity index (χ0v) is 14.3. The van der Waals surface area contributed by atoms with Crippen molar-refractivity contribution in [2.45, 2.75) is 12.5 Å². The van der Waals surface area contributed by atoms with Gasteiger partial charge in [0.1, 0.15) is 11.8 Å². The third-order valence-electron chi connectivity index (χ3n) is 3.89. The van der Waals surface area contributed by atoms with Crippen molar-refractivity contribution in [2.24, 2.45) is 5.10 Å². The summed E-state index contributed by atoms with van der Waals surface area (Å²) in [4.78, 5) is 25.5. The van der Waals surface area contributed by atoms with Gasteiger partial charge in [-0.15, -0.1) is 11.3 Å². The number of ether oxygens (including phenoxy) is 1. The second-order valence-electron chi connectivity index (χ2n) is 5.55. The predicted molar refractivity (Wildman–Crippen MR) is 92.8 cm³/mol. The van der Waals surface area contributed by atoms with Crippen LogP contribution < -0.4 is 0 Å². The number of nitrogens with zero attached hydrogens (tertiary/aromatic N) is 2. The van der Waals surface area contributed by atoms with Gasteiger partial charge in [0.05, 0.1) is 23.1 Å². The lowest BCUT2D eigenvalue weighted by atomic mass is 10.1. The van der Waals surface area contributed by atoms with Gasteiger partial charge in [-0.2, -0.15) is 5.10 Å². The quantitative estimate of drug-likeness (QED) is 0.642. The van der Waals surface area contributed by atoms with Crippen LogP contribution in [0.1, 0.15) is 33.7 Å². The van der Waals surface area contributed by atoms with Crippen LogP contribution in [-0.4, -0.2) is 29.2 Å². The van der Waals surface area contributed by atoms with Gasteiger partial charge in [0.2, 0.25) is 5.76 Å². The fourth-order valence-corrected chi connectivity index (χ4v) is 3.41. The third kappa shape index (κ3) is 3.18. The lowest BCUT2D eigenvalue weighted by molar-refractivity contribution is -0.136. The minimum absolute atomic E-state index is 0.0459. The number of carbonyl (C=O) groups is 2. The van der Waals surface area contributed by atoms with Crippen molar-refractivity contribution < 1.29 is 23.2 Å². The van der Waals surface area contributed by atoms with E-state index in [9.17, 15) is 9.59 Å². The van der Waals surface area contributed by atoms with Crippen molar-refractivity contribution in [2.75, 3.05) is 6.61 Å². The number of rotatable bonds is 5. The van der Waals surface area contributed by atoms with Crippen LogP contribution in [0, 0.1) is 0 Å². The van der Waals surface area contributed by atoms with E-state index in [1.54, 1.807) is 35.8 Å². The van der Waals surface area contributed by atoms with Crippen LogP contribution in [0.15, 0.2) is 68.2 Å². The Labute approximate surface area is 152 Å². The Bertz CT molecular complexity index is 913. The highest BCUT2D eigenvalue weighted by Crippen LogP contribution is 2.34. The van der Waals surface area contributed by atoms with Gasteiger partial charge in [0.15, 0.2) is 6.61 Å². The molecule has 1 aliphatic heterocycles. The molecule has 1 unspecified atom stereocenters. The normalized spacial score (nSPS) is 16.5. The number of hydrazone groups is 1. The highest BCUT2D eigenvalue weighted by Gasteiger charge is 2.35. The van der Waals surface area contributed by atoms with Crippen LogP contribution in [0.4, 0.5) is 0 Å². The van der Waals surface area contributed by atoms with Crippen molar-refractivity contribution >= 4 is 28.9 Å². The van der Waals surface area contributed by atoms with Crippen molar-refractivity contribution in [3.63, 3.8) is 0 Å². The summed E-state index contributed by atoms with van der Waals surface area (Å²) < 4.78 is 15.5. The maximum absolute atomic E-state index is 12.6. The van der Waals surface area contributed by atoms with Crippen LogP contribution in [0.25, 0.3) is 0 Å². The van der Waals surface area contributed by atoms with E-state index in [-0.39, 0.29) is 11.8 Å². The molecule has 3 aromatic rings. The second kappa shape index (κ2) is 7.01. The lowest BCUT2D eigenvalue weighted by Gasteiger charge is -2.19. The Hall–Kier alpha value is -3.13. The minimum atomic E-state index is -0.695. The zero-order chi connectivity index (χ0) is 17.9. The average Bonchev–Trinajstić information content (AvgIpc) is 3.42.